The first-order valence-corrected chi connectivity index (χ1v) is 9.64. The summed E-state index contributed by atoms with van der Waals surface area (Å²) in [5.74, 6) is 0.402. The molecule has 2 aromatic carbocycles. The third-order valence-electron chi connectivity index (χ3n) is 4.44. The number of hydrogen-bond acceptors (Lipinski definition) is 2. The lowest BCUT2D eigenvalue weighted by Crippen LogP contribution is -2.37. The van der Waals surface area contributed by atoms with Gasteiger partial charge in [-0.3, -0.25) is 4.79 Å². The van der Waals surface area contributed by atoms with E-state index in [2.05, 4.69) is 15.6 Å². The van der Waals surface area contributed by atoms with Crippen molar-refractivity contribution in [2.24, 2.45) is 4.99 Å². The first-order chi connectivity index (χ1) is 14.2. The van der Waals surface area contributed by atoms with Gasteiger partial charge in [0.05, 0.1) is 13.1 Å². The molecule has 0 aliphatic heterocycles. The van der Waals surface area contributed by atoms with E-state index in [1.165, 1.54) is 6.07 Å². The maximum absolute atomic E-state index is 13.8. The number of benzene rings is 2. The maximum atomic E-state index is 13.8. The summed E-state index contributed by atoms with van der Waals surface area (Å²) in [4.78, 5) is 16.4. The third kappa shape index (κ3) is 6.04. The summed E-state index contributed by atoms with van der Waals surface area (Å²) in [5.41, 5.74) is 2.68. The molecule has 2 N–H and O–H groups in total. The molecule has 0 saturated carbocycles. The van der Waals surface area contributed by atoms with Crippen molar-refractivity contribution in [2.45, 2.75) is 26.6 Å². The fourth-order valence-electron chi connectivity index (χ4n) is 2.87. The summed E-state index contributed by atoms with van der Waals surface area (Å²) >= 11 is 0. The van der Waals surface area contributed by atoms with Crippen LogP contribution >= 0.6 is 0 Å². The second-order valence-corrected chi connectivity index (χ2v) is 6.62. The fourth-order valence-corrected chi connectivity index (χ4v) is 2.87. The highest BCUT2D eigenvalue weighted by atomic mass is 19.1. The van der Waals surface area contributed by atoms with Crippen LogP contribution in [0.3, 0.4) is 0 Å². The molecule has 3 aromatic rings. The highest BCUT2D eigenvalue weighted by Gasteiger charge is 2.03. The summed E-state index contributed by atoms with van der Waals surface area (Å²) in [6, 6.07) is 19.9. The number of nitrogens with one attached hydrogen (secondary N) is 2. The molecule has 3 rings (SSSR count). The van der Waals surface area contributed by atoms with Gasteiger partial charge in [-0.2, -0.15) is 0 Å². The van der Waals surface area contributed by atoms with Crippen LogP contribution in [0.25, 0.3) is 0 Å². The molecule has 1 aromatic heterocycles. The van der Waals surface area contributed by atoms with E-state index in [0.29, 0.717) is 37.7 Å². The van der Waals surface area contributed by atoms with Gasteiger partial charge in [0.2, 0.25) is 0 Å². The van der Waals surface area contributed by atoms with Crippen molar-refractivity contribution in [1.29, 1.82) is 0 Å². The molecule has 0 amide bonds. The van der Waals surface area contributed by atoms with Gasteiger partial charge >= 0.3 is 0 Å². The van der Waals surface area contributed by atoms with E-state index < -0.39 is 0 Å². The van der Waals surface area contributed by atoms with Gasteiger partial charge < -0.3 is 15.2 Å². The average Bonchev–Trinajstić information content (AvgIpc) is 2.74. The molecule has 29 heavy (non-hydrogen) atoms. The number of rotatable bonds is 7. The summed E-state index contributed by atoms with van der Waals surface area (Å²) in [6.45, 7) is 4.10. The minimum absolute atomic E-state index is 0.0163. The van der Waals surface area contributed by atoms with Crippen LogP contribution in [0.1, 0.15) is 23.6 Å². The van der Waals surface area contributed by atoms with Crippen LogP contribution in [0.2, 0.25) is 0 Å². The number of halogens is 1. The van der Waals surface area contributed by atoms with Crippen LogP contribution in [-0.4, -0.2) is 17.1 Å². The van der Waals surface area contributed by atoms with Crippen LogP contribution in [0, 0.1) is 5.82 Å². The van der Waals surface area contributed by atoms with Gasteiger partial charge in [-0.25, -0.2) is 9.38 Å². The zero-order chi connectivity index (χ0) is 20.5. The Bertz CT molecular complexity index is 1010. The maximum Gasteiger partial charge on any atom is 0.250 e. The first kappa shape index (κ1) is 20.3. The topological polar surface area (TPSA) is 58.4 Å². The highest BCUT2D eigenvalue weighted by molar-refractivity contribution is 5.79. The van der Waals surface area contributed by atoms with Gasteiger partial charge in [0.1, 0.15) is 5.82 Å². The fraction of sp³-hybridized carbons (Fsp3) is 0.217. The number of guanidine groups is 1. The molecule has 0 saturated heterocycles. The SMILES string of the molecule is CCNC(=NCc1ccc(Cn2ccccc2=O)cc1)NCc1ccccc1F. The van der Waals surface area contributed by atoms with Crippen LogP contribution < -0.4 is 16.2 Å². The van der Waals surface area contributed by atoms with Crippen molar-refractivity contribution >= 4 is 5.96 Å². The first-order valence-electron chi connectivity index (χ1n) is 9.64. The number of hydrogen-bond donors (Lipinski definition) is 2. The highest BCUT2D eigenvalue weighted by Crippen LogP contribution is 2.08. The van der Waals surface area contributed by atoms with E-state index in [1.807, 2.05) is 43.3 Å². The Morgan fingerprint density at radius 3 is 2.41 bits per heavy atom. The zero-order valence-electron chi connectivity index (χ0n) is 16.4. The summed E-state index contributed by atoms with van der Waals surface area (Å²) < 4.78 is 15.4. The Morgan fingerprint density at radius 1 is 0.966 bits per heavy atom. The third-order valence-corrected chi connectivity index (χ3v) is 4.44. The molecule has 1 heterocycles. The van der Waals surface area contributed by atoms with Gasteiger partial charge in [0, 0.05) is 30.9 Å². The molecule has 0 aliphatic carbocycles. The molecule has 6 heteroatoms. The Labute approximate surface area is 169 Å². The molecule has 5 nitrogen and oxygen atoms in total. The number of pyridine rings is 1. The van der Waals surface area contributed by atoms with E-state index >= 15 is 0 Å². The quantitative estimate of drug-likeness (QED) is 0.479. The summed E-state index contributed by atoms with van der Waals surface area (Å²) in [5, 5.41) is 6.33. The summed E-state index contributed by atoms with van der Waals surface area (Å²) in [6.07, 6.45) is 1.78. The van der Waals surface area contributed by atoms with Crippen LogP contribution in [0.4, 0.5) is 4.39 Å². The van der Waals surface area contributed by atoms with Crippen molar-refractivity contribution in [3.63, 3.8) is 0 Å². The molecule has 0 aliphatic rings. The van der Waals surface area contributed by atoms with Crippen molar-refractivity contribution in [3.05, 3.63) is 106 Å². The van der Waals surface area contributed by atoms with Crippen molar-refractivity contribution in [3.8, 4) is 0 Å². The monoisotopic (exact) mass is 392 g/mol. The second-order valence-electron chi connectivity index (χ2n) is 6.62. The summed E-state index contributed by atoms with van der Waals surface area (Å²) in [7, 11) is 0. The number of nitrogens with zero attached hydrogens (tertiary/aromatic N) is 2. The van der Waals surface area contributed by atoms with Crippen LogP contribution in [0.15, 0.2) is 82.7 Å². The Kier molecular flexibility index (Phi) is 7.16. The molecule has 150 valence electrons. The molecular weight excluding hydrogens is 367 g/mol. The molecule has 0 spiro atoms. The minimum atomic E-state index is -0.232. The normalized spacial score (nSPS) is 11.3. The van der Waals surface area contributed by atoms with E-state index in [-0.39, 0.29) is 11.4 Å². The van der Waals surface area contributed by atoms with E-state index in [4.69, 9.17) is 0 Å². The largest absolute Gasteiger partial charge is 0.357 e. The Morgan fingerprint density at radius 2 is 1.69 bits per heavy atom. The van der Waals surface area contributed by atoms with E-state index in [9.17, 15) is 9.18 Å². The van der Waals surface area contributed by atoms with Crippen molar-refractivity contribution in [1.82, 2.24) is 15.2 Å². The standard InChI is InChI=1S/C23H25FN4O/c1-2-25-23(27-16-20-7-3-4-8-21(20)24)26-15-18-10-12-19(13-11-18)17-28-14-6-5-9-22(28)29/h3-14H,2,15-17H2,1H3,(H2,25,26,27). The van der Waals surface area contributed by atoms with Gasteiger partial charge in [-0.15, -0.1) is 0 Å². The van der Waals surface area contributed by atoms with Crippen LogP contribution in [0.5, 0.6) is 0 Å². The van der Waals surface area contributed by atoms with E-state index in [0.717, 1.165) is 11.1 Å². The van der Waals surface area contributed by atoms with Crippen LogP contribution in [-0.2, 0) is 19.6 Å². The lowest BCUT2D eigenvalue weighted by molar-refractivity contribution is 0.604. The van der Waals surface area contributed by atoms with Gasteiger partial charge in [0.15, 0.2) is 5.96 Å². The lowest BCUT2D eigenvalue weighted by atomic mass is 10.1. The predicted molar refractivity (Wildman–Crippen MR) is 114 cm³/mol. The molecule has 0 fully saturated rings. The Hall–Kier alpha value is -3.41. The smallest absolute Gasteiger partial charge is 0.250 e. The molecular formula is C23H25FN4O. The van der Waals surface area contributed by atoms with Crippen molar-refractivity contribution in [2.75, 3.05) is 6.54 Å². The van der Waals surface area contributed by atoms with Gasteiger partial charge in [-0.1, -0.05) is 48.5 Å². The molecule has 0 atom stereocenters. The predicted octanol–water partition coefficient (Wildman–Crippen LogP) is 3.29. The Balaban J connectivity index is 1.61. The number of aromatic nitrogens is 1. The molecule has 0 bridgehead atoms. The molecule has 0 unspecified atom stereocenters. The molecule has 0 radical (unpaired) electrons. The van der Waals surface area contributed by atoms with Crippen molar-refractivity contribution < 1.29 is 4.39 Å². The lowest BCUT2D eigenvalue weighted by Gasteiger charge is -2.12. The average molecular weight is 392 g/mol. The number of aliphatic imine (C=N–C) groups is 1. The van der Waals surface area contributed by atoms with E-state index in [1.54, 1.807) is 35.0 Å². The van der Waals surface area contributed by atoms with Gasteiger partial charge in [0.25, 0.3) is 5.56 Å². The van der Waals surface area contributed by atoms with Gasteiger partial charge in [-0.05, 0) is 30.2 Å². The minimum Gasteiger partial charge on any atom is -0.357 e. The second kappa shape index (κ2) is 10.2. The zero-order valence-corrected chi connectivity index (χ0v) is 16.4.